The van der Waals surface area contributed by atoms with Crippen LogP contribution in [0.3, 0.4) is 0 Å². The van der Waals surface area contributed by atoms with Gasteiger partial charge in [-0.15, -0.1) is 0 Å². The Morgan fingerprint density at radius 1 is 0.909 bits per heavy atom. The highest BCUT2D eigenvalue weighted by atomic mass is 35.5. The normalized spacial score (nSPS) is 15.0. The molecule has 4 aromatic carbocycles. The maximum Gasteiger partial charge on any atom is 0.303 e. The van der Waals surface area contributed by atoms with Crippen LogP contribution in [0.1, 0.15) is 109 Å². The largest absolute Gasteiger partial charge is 0.493 e. The number of aromatic nitrogens is 2. The lowest BCUT2D eigenvalue weighted by Gasteiger charge is -2.24. The summed E-state index contributed by atoms with van der Waals surface area (Å²) in [5.41, 5.74) is 5.91. The number of rotatable bonds is 17. The number of anilines is 1. The summed E-state index contributed by atoms with van der Waals surface area (Å²) in [5, 5.41) is 25.4. The van der Waals surface area contributed by atoms with Gasteiger partial charge in [-0.25, -0.2) is 4.98 Å². The van der Waals surface area contributed by atoms with Crippen LogP contribution < -0.4 is 14.8 Å². The van der Waals surface area contributed by atoms with Gasteiger partial charge in [0.05, 0.1) is 52.2 Å². The van der Waals surface area contributed by atoms with Crippen molar-refractivity contribution in [3.63, 3.8) is 0 Å². The van der Waals surface area contributed by atoms with E-state index in [0.29, 0.717) is 27.8 Å². The number of nitrogens with one attached hydrogen (secondary N) is 1. The SMILES string of the molecule is CC(C)(O)c1ccccc1CC[C@@H](SCC1(CC(=O)O)CC1)c1cccc(/C=C/c2ccc3ccc(Cl)cc3n2)c1.COc1ccc(C(=O)Nc2c(Cl)cncc2Cl)cc1OC1CCCC1. The maximum absolute atomic E-state index is 12.6. The molecule has 1 atom stereocenters. The highest BCUT2D eigenvalue weighted by Crippen LogP contribution is 2.53. The quantitative estimate of drug-likeness (QED) is 0.0818. The van der Waals surface area contributed by atoms with Gasteiger partial charge in [0, 0.05) is 39.4 Å². The zero-order chi connectivity index (χ0) is 46.8. The molecule has 13 heteroatoms. The van der Waals surface area contributed by atoms with Crippen LogP contribution in [0.25, 0.3) is 23.1 Å². The molecule has 0 saturated heterocycles. The number of ether oxygens (including phenoxy) is 2. The first-order valence-corrected chi connectivity index (χ1v) is 24.3. The molecular formula is C53H54Cl3N3O6S. The summed E-state index contributed by atoms with van der Waals surface area (Å²) in [5.74, 6) is 0.947. The third kappa shape index (κ3) is 13.3. The number of benzene rings is 4. The van der Waals surface area contributed by atoms with Crippen LogP contribution in [0.5, 0.6) is 11.5 Å². The number of hydrogen-bond donors (Lipinski definition) is 3. The van der Waals surface area contributed by atoms with Crippen LogP contribution in [0.2, 0.25) is 15.1 Å². The number of nitrogens with zero attached hydrogens (tertiary/aromatic N) is 2. The average Bonchev–Trinajstić information content (AvgIpc) is 3.85. The van der Waals surface area contributed by atoms with Crippen molar-refractivity contribution in [2.45, 2.75) is 88.6 Å². The van der Waals surface area contributed by atoms with E-state index < -0.39 is 11.6 Å². The number of aryl methyl sites for hydroxylation is 1. The molecule has 0 radical (unpaired) electrons. The first kappa shape index (κ1) is 48.8. The van der Waals surface area contributed by atoms with Gasteiger partial charge >= 0.3 is 5.97 Å². The number of thioether (sulfide) groups is 1. The summed E-state index contributed by atoms with van der Waals surface area (Å²) in [7, 11) is 1.58. The molecule has 2 aliphatic carbocycles. The Labute approximate surface area is 405 Å². The Hall–Kier alpha value is -5.10. The summed E-state index contributed by atoms with van der Waals surface area (Å²) in [4.78, 5) is 32.7. The summed E-state index contributed by atoms with van der Waals surface area (Å²) in [6.45, 7) is 3.66. The number of amides is 1. The Balaban J connectivity index is 0.000000221. The van der Waals surface area contributed by atoms with E-state index >= 15 is 0 Å². The highest BCUT2D eigenvalue weighted by molar-refractivity contribution is 7.99. The molecule has 2 fully saturated rings. The van der Waals surface area contributed by atoms with Gasteiger partial charge in [-0.2, -0.15) is 11.8 Å². The molecule has 2 aliphatic rings. The lowest BCUT2D eigenvalue weighted by molar-refractivity contribution is -0.138. The van der Waals surface area contributed by atoms with Gasteiger partial charge in [-0.1, -0.05) is 102 Å². The molecule has 0 unspecified atom stereocenters. The standard InChI is InChI=1S/C35H36ClNO3S.C18H18Cl2N2O3/c1-34(2,40)30-9-4-3-7-25(30)13-17-32(41-23-35(18-19-35)22-33(38)39)27-8-5-6-24(20-27)10-15-29-16-12-26-11-14-28(36)21-31(26)37-29;1-24-15-7-6-11(8-16(15)25-12-4-2-3-5-12)18(23)22-17-13(19)9-21-10-14(17)20/h3-12,14-16,20-21,32,40H,13,17-19,22-23H2,1-2H3,(H,38,39);6-10,12H,2-5H2,1H3,(H,21,22,23)/b15-10+;/t32-;/m1./s1. The van der Waals surface area contributed by atoms with E-state index in [9.17, 15) is 19.8 Å². The molecule has 344 valence electrons. The van der Waals surface area contributed by atoms with Crippen molar-refractivity contribution in [1.82, 2.24) is 9.97 Å². The van der Waals surface area contributed by atoms with Crippen molar-refractivity contribution in [1.29, 1.82) is 0 Å². The number of aliphatic carboxylic acids is 1. The van der Waals surface area contributed by atoms with Gasteiger partial charge < -0.3 is 25.0 Å². The van der Waals surface area contributed by atoms with Crippen molar-refractivity contribution in [3.05, 3.63) is 158 Å². The molecular weight excluding hydrogens is 913 g/mol. The van der Waals surface area contributed by atoms with Crippen molar-refractivity contribution in [2.75, 3.05) is 18.2 Å². The van der Waals surface area contributed by atoms with E-state index in [0.717, 1.165) is 90.4 Å². The molecule has 6 aromatic rings. The van der Waals surface area contributed by atoms with E-state index in [1.807, 2.05) is 74.1 Å². The predicted molar refractivity (Wildman–Crippen MR) is 269 cm³/mol. The van der Waals surface area contributed by atoms with E-state index in [-0.39, 0.29) is 39.1 Å². The minimum Gasteiger partial charge on any atom is -0.493 e. The molecule has 66 heavy (non-hydrogen) atoms. The minimum atomic E-state index is -0.911. The first-order valence-electron chi connectivity index (χ1n) is 22.1. The molecule has 2 heterocycles. The van der Waals surface area contributed by atoms with E-state index in [4.69, 9.17) is 49.3 Å². The highest BCUT2D eigenvalue weighted by Gasteiger charge is 2.44. The fourth-order valence-corrected chi connectivity index (χ4v) is 10.4. The molecule has 2 saturated carbocycles. The van der Waals surface area contributed by atoms with Crippen molar-refractivity contribution >= 4 is 87.2 Å². The maximum atomic E-state index is 12.6. The van der Waals surface area contributed by atoms with Gasteiger partial charge in [-0.3, -0.25) is 14.6 Å². The Morgan fingerprint density at radius 2 is 1.65 bits per heavy atom. The number of carboxylic acid groups (broad SMARTS) is 1. The molecule has 1 amide bonds. The molecule has 2 aromatic heterocycles. The number of aliphatic hydroxyl groups is 1. The summed E-state index contributed by atoms with van der Waals surface area (Å²) in [6.07, 6.45) is 15.4. The molecule has 3 N–H and O–H groups in total. The average molecular weight is 967 g/mol. The summed E-state index contributed by atoms with van der Waals surface area (Å²) < 4.78 is 11.4. The van der Waals surface area contributed by atoms with E-state index in [1.165, 1.54) is 18.0 Å². The Bertz CT molecular complexity index is 2680. The lowest BCUT2D eigenvalue weighted by Crippen LogP contribution is -2.18. The van der Waals surface area contributed by atoms with Crippen LogP contribution >= 0.6 is 46.6 Å². The number of carboxylic acids is 1. The minimum absolute atomic E-state index is 0.0814. The van der Waals surface area contributed by atoms with Crippen molar-refractivity contribution in [2.24, 2.45) is 5.41 Å². The van der Waals surface area contributed by atoms with Gasteiger partial charge in [0.2, 0.25) is 0 Å². The van der Waals surface area contributed by atoms with E-state index in [1.54, 1.807) is 25.3 Å². The zero-order valence-corrected chi connectivity index (χ0v) is 40.3. The number of fused-ring (bicyclic) bond motifs is 1. The van der Waals surface area contributed by atoms with Crippen LogP contribution in [-0.4, -0.2) is 51.0 Å². The number of methoxy groups -OCH3 is 1. The molecule has 9 nitrogen and oxygen atoms in total. The van der Waals surface area contributed by atoms with Crippen LogP contribution in [0.4, 0.5) is 5.69 Å². The second-order valence-corrected chi connectivity index (χ2v) is 20.0. The number of carbonyl (C=O) groups is 2. The third-order valence-corrected chi connectivity index (χ3v) is 14.4. The smallest absolute Gasteiger partial charge is 0.303 e. The molecule has 0 aliphatic heterocycles. The first-order chi connectivity index (χ1) is 31.7. The number of carbonyl (C=O) groups excluding carboxylic acids is 1. The Kier molecular flexibility index (Phi) is 16.4. The van der Waals surface area contributed by atoms with Crippen LogP contribution in [0, 0.1) is 5.41 Å². The fraction of sp³-hybridized carbons (Fsp3) is 0.321. The lowest BCUT2D eigenvalue weighted by atomic mass is 9.90. The second-order valence-electron chi connectivity index (χ2n) is 17.5. The van der Waals surface area contributed by atoms with Crippen LogP contribution in [0.15, 0.2) is 109 Å². The van der Waals surface area contributed by atoms with Gasteiger partial charge in [-0.05, 0) is 135 Å². The van der Waals surface area contributed by atoms with Gasteiger partial charge in [0.15, 0.2) is 11.5 Å². The predicted octanol–water partition coefficient (Wildman–Crippen LogP) is 13.9. The molecule has 8 rings (SSSR count). The van der Waals surface area contributed by atoms with Crippen molar-refractivity contribution < 1.29 is 29.3 Å². The fourth-order valence-electron chi connectivity index (χ4n) is 8.17. The number of pyridine rings is 2. The third-order valence-electron chi connectivity index (χ3n) is 11.9. The van der Waals surface area contributed by atoms with E-state index in [2.05, 4.69) is 52.8 Å². The van der Waals surface area contributed by atoms with Gasteiger partial charge in [0.1, 0.15) is 0 Å². The number of hydrogen-bond acceptors (Lipinski definition) is 8. The van der Waals surface area contributed by atoms with Crippen molar-refractivity contribution in [3.8, 4) is 11.5 Å². The topological polar surface area (TPSA) is 131 Å². The monoisotopic (exact) mass is 965 g/mol. The summed E-state index contributed by atoms with van der Waals surface area (Å²) in [6, 6.07) is 31.5. The summed E-state index contributed by atoms with van der Waals surface area (Å²) >= 11 is 20.1. The zero-order valence-electron chi connectivity index (χ0n) is 37.2. The number of halogens is 3. The second kappa shape index (κ2) is 22.1. The molecule has 0 spiro atoms. The van der Waals surface area contributed by atoms with Crippen LogP contribution in [-0.2, 0) is 16.8 Å². The molecule has 0 bridgehead atoms. The Morgan fingerprint density at radius 3 is 2.36 bits per heavy atom. The van der Waals surface area contributed by atoms with Gasteiger partial charge in [0.25, 0.3) is 5.91 Å².